The van der Waals surface area contributed by atoms with Gasteiger partial charge in [-0.1, -0.05) is 12.1 Å². The van der Waals surface area contributed by atoms with E-state index in [1.165, 1.54) is 24.3 Å². The molecule has 6 nitrogen and oxygen atoms in total. The summed E-state index contributed by atoms with van der Waals surface area (Å²) in [6.45, 7) is 6.94. The highest BCUT2D eigenvalue weighted by molar-refractivity contribution is 6.08. The molecule has 2 aromatic carbocycles. The van der Waals surface area contributed by atoms with Gasteiger partial charge < -0.3 is 19.9 Å². The van der Waals surface area contributed by atoms with Crippen LogP contribution in [0.25, 0.3) is 0 Å². The highest BCUT2D eigenvalue weighted by Gasteiger charge is 2.20. The molecule has 0 aliphatic heterocycles. The van der Waals surface area contributed by atoms with Crippen LogP contribution in [0.5, 0.6) is 11.5 Å². The van der Waals surface area contributed by atoms with E-state index in [1.54, 1.807) is 39.8 Å². The van der Waals surface area contributed by atoms with E-state index < -0.39 is 17.7 Å². The molecule has 0 atom stereocenters. The van der Waals surface area contributed by atoms with Gasteiger partial charge in [0.25, 0.3) is 5.91 Å². The van der Waals surface area contributed by atoms with Crippen LogP contribution in [-0.4, -0.2) is 29.2 Å². The smallest absolute Gasteiger partial charge is 0.337 e. The van der Waals surface area contributed by atoms with Crippen molar-refractivity contribution >= 4 is 17.6 Å². The first-order chi connectivity index (χ1) is 12.7. The zero-order valence-electron chi connectivity index (χ0n) is 15.6. The third-order valence-electron chi connectivity index (χ3n) is 3.40. The number of rotatable bonds is 7. The first kappa shape index (κ1) is 20.2. The quantitative estimate of drug-likeness (QED) is 0.751. The van der Waals surface area contributed by atoms with E-state index >= 15 is 0 Å². The van der Waals surface area contributed by atoms with Crippen LogP contribution in [-0.2, 0) is 0 Å². The predicted octanol–water partition coefficient (Wildman–Crippen LogP) is 4.35. The number of para-hydroxylation sites is 1. The molecule has 0 fully saturated rings. The van der Waals surface area contributed by atoms with Gasteiger partial charge in [0.05, 0.1) is 23.5 Å². The summed E-state index contributed by atoms with van der Waals surface area (Å²) in [7, 11) is 0. The minimum Gasteiger partial charge on any atom is -0.488 e. The van der Waals surface area contributed by atoms with Gasteiger partial charge in [-0.15, -0.1) is 0 Å². The molecule has 0 radical (unpaired) electrons. The van der Waals surface area contributed by atoms with Gasteiger partial charge in [0.1, 0.15) is 0 Å². The average molecular weight is 375 g/mol. The second-order valence-corrected chi connectivity index (χ2v) is 6.42. The maximum Gasteiger partial charge on any atom is 0.337 e. The summed E-state index contributed by atoms with van der Waals surface area (Å²) >= 11 is 0. The molecule has 27 heavy (non-hydrogen) atoms. The van der Waals surface area contributed by atoms with Gasteiger partial charge in [-0.25, -0.2) is 4.79 Å². The molecule has 0 heterocycles. The van der Waals surface area contributed by atoms with Crippen molar-refractivity contribution in [2.45, 2.75) is 39.9 Å². The molecule has 0 bridgehead atoms. The first-order valence-corrected chi connectivity index (χ1v) is 8.49. The first-order valence-electron chi connectivity index (χ1n) is 8.49. The Balaban J connectivity index is 2.41. The monoisotopic (exact) mass is 375 g/mol. The number of aromatic carboxylic acids is 1. The Labute approximate surface area is 156 Å². The number of hydrogen-bond acceptors (Lipinski definition) is 4. The van der Waals surface area contributed by atoms with Crippen LogP contribution in [0.4, 0.5) is 10.1 Å². The van der Waals surface area contributed by atoms with Crippen molar-refractivity contribution in [2.24, 2.45) is 0 Å². The highest BCUT2D eigenvalue weighted by Crippen LogP contribution is 2.31. The predicted molar refractivity (Wildman–Crippen MR) is 99.3 cm³/mol. The van der Waals surface area contributed by atoms with Crippen molar-refractivity contribution in [3.05, 3.63) is 53.3 Å². The zero-order valence-corrected chi connectivity index (χ0v) is 15.6. The standard InChI is InChI=1S/C20H22FNO5/c1-11(2)26-16-9-13(10-17(18(16)21)27-12(3)4)19(23)22-15-8-6-5-7-14(15)20(24)25/h5-12H,1-4H3,(H,22,23)(H,24,25). The molecule has 0 spiro atoms. The third kappa shape index (κ3) is 5.20. The number of carboxylic acids is 1. The molecule has 0 aliphatic rings. The van der Waals surface area contributed by atoms with Crippen LogP contribution < -0.4 is 14.8 Å². The van der Waals surface area contributed by atoms with Crippen LogP contribution >= 0.6 is 0 Å². The van der Waals surface area contributed by atoms with E-state index in [0.29, 0.717) is 0 Å². The van der Waals surface area contributed by atoms with Crippen molar-refractivity contribution in [1.29, 1.82) is 0 Å². The third-order valence-corrected chi connectivity index (χ3v) is 3.40. The molecule has 2 N–H and O–H groups in total. The second kappa shape index (κ2) is 8.53. The maximum absolute atomic E-state index is 14.6. The number of carbonyl (C=O) groups is 2. The fourth-order valence-electron chi connectivity index (χ4n) is 2.36. The van der Waals surface area contributed by atoms with Crippen LogP contribution in [0.3, 0.4) is 0 Å². The number of ether oxygens (including phenoxy) is 2. The Morgan fingerprint density at radius 1 is 1.00 bits per heavy atom. The number of carbonyl (C=O) groups excluding carboxylic acids is 1. The van der Waals surface area contributed by atoms with Crippen molar-refractivity contribution < 1.29 is 28.6 Å². The van der Waals surface area contributed by atoms with E-state index in [2.05, 4.69) is 5.32 Å². The molecule has 2 aromatic rings. The summed E-state index contributed by atoms with van der Waals surface area (Å²) < 4.78 is 25.5. The van der Waals surface area contributed by atoms with Gasteiger partial charge in [0.15, 0.2) is 11.5 Å². The molecule has 0 unspecified atom stereocenters. The Morgan fingerprint density at radius 3 is 2.00 bits per heavy atom. The Hall–Kier alpha value is -3.09. The van der Waals surface area contributed by atoms with Crippen LogP contribution in [0.15, 0.2) is 36.4 Å². The number of nitrogens with one attached hydrogen (secondary N) is 1. The van der Waals surface area contributed by atoms with Crippen molar-refractivity contribution in [3.63, 3.8) is 0 Å². The fourth-order valence-corrected chi connectivity index (χ4v) is 2.36. The average Bonchev–Trinajstić information content (AvgIpc) is 2.57. The maximum atomic E-state index is 14.6. The second-order valence-electron chi connectivity index (χ2n) is 6.42. The number of anilines is 1. The highest BCUT2D eigenvalue weighted by atomic mass is 19.1. The van der Waals surface area contributed by atoms with Crippen LogP contribution in [0, 0.1) is 5.82 Å². The van der Waals surface area contributed by atoms with Crippen LogP contribution in [0.2, 0.25) is 0 Å². The molecule has 0 saturated carbocycles. The van der Waals surface area contributed by atoms with Crippen molar-refractivity contribution in [3.8, 4) is 11.5 Å². The summed E-state index contributed by atoms with van der Waals surface area (Å²) in [4.78, 5) is 23.9. The lowest BCUT2D eigenvalue weighted by atomic mass is 10.1. The van der Waals surface area contributed by atoms with Crippen molar-refractivity contribution in [2.75, 3.05) is 5.32 Å². The summed E-state index contributed by atoms with van der Waals surface area (Å²) in [5.41, 5.74) is 0.171. The number of hydrogen-bond donors (Lipinski definition) is 2. The molecule has 144 valence electrons. The van der Waals surface area contributed by atoms with Gasteiger partial charge >= 0.3 is 5.97 Å². The molecule has 1 amide bonds. The summed E-state index contributed by atoms with van der Waals surface area (Å²) in [6.07, 6.45) is -0.616. The lowest BCUT2D eigenvalue weighted by Gasteiger charge is -2.17. The SMILES string of the molecule is CC(C)Oc1cc(C(=O)Nc2ccccc2C(=O)O)cc(OC(C)C)c1F. The number of amides is 1. The van der Waals surface area contributed by atoms with E-state index in [9.17, 15) is 19.1 Å². The fraction of sp³-hybridized carbons (Fsp3) is 0.300. The van der Waals surface area contributed by atoms with Crippen molar-refractivity contribution in [1.82, 2.24) is 0 Å². The summed E-state index contributed by atoms with van der Waals surface area (Å²) in [5.74, 6) is -2.69. The molecular weight excluding hydrogens is 353 g/mol. The van der Waals surface area contributed by atoms with Gasteiger partial charge in [-0.3, -0.25) is 4.79 Å². The lowest BCUT2D eigenvalue weighted by Crippen LogP contribution is -2.17. The van der Waals surface area contributed by atoms with Gasteiger partial charge in [-0.05, 0) is 52.0 Å². The summed E-state index contributed by atoms with van der Waals surface area (Å²) in [6, 6.07) is 8.54. The minimum atomic E-state index is -1.17. The molecule has 0 aliphatic carbocycles. The topological polar surface area (TPSA) is 84.9 Å². The molecule has 0 saturated heterocycles. The Bertz CT molecular complexity index is 817. The van der Waals surface area contributed by atoms with Gasteiger partial charge in [0, 0.05) is 5.56 Å². The lowest BCUT2D eigenvalue weighted by molar-refractivity contribution is 0.0698. The molecule has 7 heteroatoms. The van der Waals surface area contributed by atoms with Crippen LogP contribution in [0.1, 0.15) is 48.4 Å². The summed E-state index contributed by atoms with van der Waals surface area (Å²) in [5, 5.41) is 11.8. The number of halogens is 1. The van der Waals surface area contributed by atoms with Gasteiger partial charge in [0.2, 0.25) is 5.82 Å². The molecule has 2 rings (SSSR count). The number of carboxylic acid groups (broad SMARTS) is 1. The Morgan fingerprint density at radius 2 is 1.52 bits per heavy atom. The van der Waals surface area contributed by atoms with Gasteiger partial charge in [-0.2, -0.15) is 4.39 Å². The molecule has 0 aromatic heterocycles. The normalized spacial score (nSPS) is 10.8. The van der Waals surface area contributed by atoms with E-state index in [4.69, 9.17) is 9.47 Å². The van der Waals surface area contributed by atoms with E-state index in [-0.39, 0.29) is 40.5 Å². The zero-order chi connectivity index (χ0) is 20.1. The van der Waals surface area contributed by atoms with E-state index in [0.717, 1.165) is 0 Å². The Kier molecular flexibility index (Phi) is 6.39. The molecular formula is C20H22FNO5. The largest absolute Gasteiger partial charge is 0.488 e. The number of benzene rings is 2. The minimum absolute atomic E-state index is 0.0507. The van der Waals surface area contributed by atoms with E-state index in [1.807, 2.05) is 0 Å².